The Morgan fingerprint density at radius 2 is 2.00 bits per heavy atom. The molecule has 3 heteroatoms. The molecule has 0 atom stereocenters. The van der Waals surface area contributed by atoms with Gasteiger partial charge in [0, 0.05) is 0 Å². The summed E-state index contributed by atoms with van der Waals surface area (Å²) in [5.41, 5.74) is 0.966. The molecule has 0 fully saturated rings. The maximum absolute atomic E-state index is 4.97. The Labute approximate surface area is 65.5 Å². The highest BCUT2D eigenvalue weighted by molar-refractivity contribution is 5.79. The molecule has 0 radical (unpaired) electrons. The van der Waals surface area contributed by atoms with E-state index in [4.69, 9.17) is 10.6 Å². The van der Waals surface area contributed by atoms with Gasteiger partial charge in [0.1, 0.15) is 5.75 Å². The molecule has 0 aromatic heterocycles. The minimum Gasteiger partial charge on any atom is -0.497 e. The number of ether oxygens (including phenoxy) is 1. The van der Waals surface area contributed by atoms with Crippen molar-refractivity contribution in [3.63, 3.8) is 0 Å². The summed E-state index contributed by atoms with van der Waals surface area (Å²) in [6.07, 6.45) is 1.58. The quantitative estimate of drug-likeness (QED) is 0.388. The van der Waals surface area contributed by atoms with Crippen LogP contribution in [0.15, 0.2) is 29.4 Å². The minimum atomic E-state index is 0.833. The third-order valence-electron chi connectivity index (χ3n) is 1.34. The number of nitrogens with two attached hydrogens (primary N) is 1. The van der Waals surface area contributed by atoms with Crippen LogP contribution in [0, 0.1) is 0 Å². The molecule has 58 valence electrons. The Bertz CT molecular complexity index is 241. The van der Waals surface area contributed by atoms with Crippen molar-refractivity contribution >= 4 is 6.21 Å². The predicted molar refractivity (Wildman–Crippen MR) is 44.8 cm³/mol. The van der Waals surface area contributed by atoms with Crippen molar-refractivity contribution in [3.05, 3.63) is 29.8 Å². The van der Waals surface area contributed by atoms with E-state index in [0.29, 0.717) is 0 Å². The molecule has 0 amide bonds. The summed E-state index contributed by atoms with van der Waals surface area (Å²) in [5, 5.41) is 3.40. The Kier molecular flexibility index (Phi) is 2.49. The van der Waals surface area contributed by atoms with Crippen molar-refractivity contribution in [2.24, 2.45) is 10.9 Å². The third kappa shape index (κ3) is 1.97. The minimum absolute atomic E-state index is 0.833. The summed E-state index contributed by atoms with van der Waals surface area (Å²) in [6.45, 7) is 0. The lowest BCUT2D eigenvalue weighted by Gasteiger charge is -1.97. The summed E-state index contributed by atoms with van der Waals surface area (Å²) < 4.78 is 4.97. The number of hydrazone groups is 1. The highest BCUT2D eigenvalue weighted by Gasteiger charge is 1.88. The van der Waals surface area contributed by atoms with E-state index in [2.05, 4.69) is 5.10 Å². The molecule has 1 aromatic rings. The van der Waals surface area contributed by atoms with Gasteiger partial charge in [-0.15, -0.1) is 0 Å². The number of rotatable bonds is 2. The fourth-order valence-electron chi connectivity index (χ4n) is 0.776. The molecule has 11 heavy (non-hydrogen) atoms. The van der Waals surface area contributed by atoms with Gasteiger partial charge in [0.25, 0.3) is 0 Å². The first-order chi connectivity index (χ1) is 5.36. The predicted octanol–water partition coefficient (Wildman–Crippen LogP) is 0.988. The molecule has 0 saturated heterocycles. The Morgan fingerprint density at radius 3 is 2.45 bits per heavy atom. The topological polar surface area (TPSA) is 47.6 Å². The van der Waals surface area contributed by atoms with Crippen LogP contribution in [-0.2, 0) is 0 Å². The second-order valence-corrected chi connectivity index (χ2v) is 2.05. The van der Waals surface area contributed by atoms with Gasteiger partial charge < -0.3 is 10.6 Å². The van der Waals surface area contributed by atoms with Crippen molar-refractivity contribution in [2.75, 3.05) is 7.11 Å². The normalized spacial score (nSPS) is 10.3. The number of hydrogen-bond donors (Lipinski definition) is 1. The molecule has 0 aliphatic carbocycles. The first-order valence-corrected chi connectivity index (χ1v) is 3.24. The van der Waals surface area contributed by atoms with Gasteiger partial charge in [-0.05, 0) is 29.8 Å². The molecular weight excluding hydrogens is 140 g/mol. The molecule has 3 nitrogen and oxygen atoms in total. The highest BCUT2D eigenvalue weighted by atomic mass is 16.5. The zero-order valence-electron chi connectivity index (χ0n) is 6.32. The van der Waals surface area contributed by atoms with Crippen molar-refractivity contribution < 1.29 is 4.74 Å². The molecule has 0 unspecified atom stereocenters. The second kappa shape index (κ2) is 3.61. The van der Waals surface area contributed by atoms with E-state index in [0.717, 1.165) is 11.3 Å². The summed E-state index contributed by atoms with van der Waals surface area (Å²) >= 11 is 0. The summed E-state index contributed by atoms with van der Waals surface area (Å²) in [7, 11) is 1.63. The molecule has 0 spiro atoms. The van der Waals surface area contributed by atoms with Crippen molar-refractivity contribution in [2.45, 2.75) is 0 Å². The first-order valence-electron chi connectivity index (χ1n) is 3.24. The van der Waals surface area contributed by atoms with Crippen LogP contribution < -0.4 is 10.6 Å². The van der Waals surface area contributed by atoms with Gasteiger partial charge in [0.05, 0.1) is 13.3 Å². The molecule has 1 rings (SSSR count). The van der Waals surface area contributed by atoms with Gasteiger partial charge in [-0.1, -0.05) is 0 Å². The molecular formula is C8H10N2O. The van der Waals surface area contributed by atoms with Crippen molar-refractivity contribution in [1.29, 1.82) is 0 Å². The maximum atomic E-state index is 4.97. The van der Waals surface area contributed by atoms with Gasteiger partial charge in [0.2, 0.25) is 0 Å². The number of hydrogen-bond acceptors (Lipinski definition) is 3. The van der Waals surface area contributed by atoms with Crippen LogP contribution in [0.4, 0.5) is 0 Å². The van der Waals surface area contributed by atoms with E-state index in [9.17, 15) is 0 Å². The zero-order valence-corrected chi connectivity index (χ0v) is 6.32. The average Bonchev–Trinajstić information content (AvgIpc) is 2.07. The average molecular weight is 150 g/mol. The van der Waals surface area contributed by atoms with Gasteiger partial charge >= 0.3 is 0 Å². The number of nitrogens with zero attached hydrogens (tertiary/aromatic N) is 1. The monoisotopic (exact) mass is 150 g/mol. The lowest BCUT2D eigenvalue weighted by atomic mass is 10.2. The van der Waals surface area contributed by atoms with E-state index in [1.807, 2.05) is 24.3 Å². The zero-order chi connectivity index (χ0) is 8.10. The molecule has 1 aromatic carbocycles. The largest absolute Gasteiger partial charge is 0.497 e. The van der Waals surface area contributed by atoms with Gasteiger partial charge in [-0.3, -0.25) is 0 Å². The van der Waals surface area contributed by atoms with Crippen LogP contribution >= 0.6 is 0 Å². The van der Waals surface area contributed by atoms with E-state index in [1.165, 1.54) is 0 Å². The van der Waals surface area contributed by atoms with Gasteiger partial charge in [-0.25, -0.2) is 0 Å². The second-order valence-electron chi connectivity index (χ2n) is 2.05. The number of benzene rings is 1. The van der Waals surface area contributed by atoms with Crippen LogP contribution in [0.1, 0.15) is 5.56 Å². The standard InChI is InChI=1S/C8H10N2O/c1-11-8-4-2-7(3-5-8)6-10-9/h2-6H,9H2,1H3/b10-6+. The Balaban J connectivity index is 2.82. The van der Waals surface area contributed by atoms with Crippen molar-refractivity contribution in [1.82, 2.24) is 0 Å². The Morgan fingerprint density at radius 1 is 1.36 bits per heavy atom. The van der Waals surface area contributed by atoms with E-state index in [1.54, 1.807) is 13.3 Å². The van der Waals surface area contributed by atoms with Crippen LogP contribution in [0.3, 0.4) is 0 Å². The van der Waals surface area contributed by atoms with Gasteiger partial charge in [-0.2, -0.15) is 5.10 Å². The SMILES string of the molecule is COc1ccc(/C=N/N)cc1. The van der Waals surface area contributed by atoms with Crippen LogP contribution in [0.5, 0.6) is 5.75 Å². The summed E-state index contributed by atoms with van der Waals surface area (Å²) in [5.74, 6) is 5.80. The van der Waals surface area contributed by atoms with E-state index in [-0.39, 0.29) is 0 Å². The summed E-state index contributed by atoms with van der Waals surface area (Å²) in [6, 6.07) is 7.48. The molecule has 0 saturated carbocycles. The third-order valence-corrected chi connectivity index (χ3v) is 1.34. The Hall–Kier alpha value is -1.51. The van der Waals surface area contributed by atoms with Crippen molar-refractivity contribution in [3.8, 4) is 5.75 Å². The lowest BCUT2D eigenvalue weighted by molar-refractivity contribution is 0.415. The van der Waals surface area contributed by atoms with Crippen LogP contribution in [0.2, 0.25) is 0 Å². The molecule has 2 N–H and O–H groups in total. The number of methoxy groups -OCH3 is 1. The fraction of sp³-hybridized carbons (Fsp3) is 0.125. The smallest absolute Gasteiger partial charge is 0.118 e. The molecule has 0 heterocycles. The van der Waals surface area contributed by atoms with Crippen LogP contribution in [-0.4, -0.2) is 13.3 Å². The fourth-order valence-corrected chi connectivity index (χ4v) is 0.776. The van der Waals surface area contributed by atoms with Gasteiger partial charge in [0.15, 0.2) is 0 Å². The summed E-state index contributed by atoms with van der Waals surface area (Å²) in [4.78, 5) is 0. The van der Waals surface area contributed by atoms with Crippen LogP contribution in [0.25, 0.3) is 0 Å². The van der Waals surface area contributed by atoms with E-state index >= 15 is 0 Å². The first kappa shape index (κ1) is 7.60. The molecule has 0 aliphatic rings. The maximum Gasteiger partial charge on any atom is 0.118 e. The highest BCUT2D eigenvalue weighted by Crippen LogP contribution is 2.09. The van der Waals surface area contributed by atoms with E-state index < -0.39 is 0 Å². The molecule has 0 bridgehead atoms. The molecule has 0 aliphatic heterocycles. The lowest BCUT2D eigenvalue weighted by Crippen LogP contribution is -1.87.